The van der Waals surface area contributed by atoms with Gasteiger partial charge in [-0.3, -0.25) is 4.79 Å². The van der Waals surface area contributed by atoms with Crippen molar-refractivity contribution >= 4 is 29.3 Å². The number of hydrogen-bond donors (Lipinski definition) is 0. The maximum absolute atomic E-state index is 12.3. The van der Waals surface area contributed by atoms with E-state index in [4.69, 9.17) is 16.1 Å². The van der Waals surface area contributed by atoms with Gasteiger partial charge >= 0.3 is 0 Å². The summed E-state index contributed by atoms with van der Waals surface area (Å²) in [5.74, 6) is 2.18. The summed E-state index contributed by atoms with van der Waals surface area (Å²) in [4.78, 5) is 19.5. The number of halogens is 1. The highest BCUT2D eigenvalue weighted by Crippen LogP contribution is 2.29. The minimum Gasteiger partial charge on any atom is -0.342 e. The number of piperidine rings is 1. The zero-order valence-electron chi connectivity index (χ0n) is 12.9. The van der Waals surface area contributed by atoms with Crippen molar-refractivity contribution in [3.05, 3.63) is 41.0 Å². The van der Waals surface area contributed by atoms with Crippen LogP contribution in [0.25, 0.3) is 0 Å². The number of hydrogen-bond acceptors (Lipinski definition) is 5. The van der Waals surface area contributed by atoms with Gasteiger partial charge < -0.3 is 9.42 Å². The number of carbonyl (C=O) groups is 1. The molecule has 23 heavy (non-hydrogen) atoms. The molecule has 0 atom stereocenters. The Morgan fingerprint density at radius 1 is 1.39 bits per heavy atom. The average molecular weight is 352 g/mol. The first-order valence-corrected chi connectivity index (χ1v) is 8.95. The zero-order valence-corrected chi connectivity index (χ0v) is 14.4. The molecule has 7 heteroatoms. The number of likely N-dealkylation sites (tertiary alicyclic amines) is 1. The largest absolute Gasteiger partial charge is 0.342 e. The fraction of sp³-hybridized carbons (Fsp3) is 0.438. The Morgan fingerprint density at radius 2 is 2.13 bits per heavy atom. The molecule has 0 N–H and O–H groups in total. The molecule has 0 saturated carbocycles. The molecule has 2 heterocycles. The molecule has 0 spiro atoms. The first-order chi connectivity index (χ1) is 11.1. The van der Waals surface area contributed by atoms with Gasteiger partial charge in [-0.25, -0.2) is 0 Å². The van der Waals surface area contributed by atoms with E-state index >= 15 is 0 Å². The quantitative estimate of drug-likeness (QED) is 0.788. The van der Waals surface area contributed by atoms with Crippen molar-refractivity contribution < 1.29 is 9.32 Å². The first-order valence-electron chi connectivity index (χ1n) is 7.59. The molecule has 1 fully saturated rings. The lowest BCUT2D eigenvalue weighted by molar-refractivity contribution is -0.129. The summed E-state index contributed by atoms with van der Waals surface area (Å²) in [5, 5.41) is 4.53. The van der Waals surface area contributed by atoms with E-state index in [0.29, 0.717) is 22.5 Å². The summed E-state index contributed by atoms with van der Waals surface area (Å²) in [6.07, 6.45) is 1.73. The molecule has 2 aromatic rings. The molecular weight excluding hydrogens is 334 g/mol. The minimum absolute atomic E-state index is 0.148. The fourth-order valence-corrected chi connectivity index (χ4v) is 3.79. The van der Waals surface area contributed by atoms with Crippen LogP contribution in [0.1, 0.15) is 30.5 Å². The van der Waals surface area contributed by atoms with Crippen LogP contribution in [0.5, 0.6) is 0 Å². The van der Waals surface area contributed by atoms with Gasteiger partial charge in [0.2, 0.25) is 11.8 Å². The van der Waals surface area contributed by atoms with E-state index in [1.165, 1.54) is 11.8 Å². The SMILES string of the molecule is Cc1noc(C2CCN(C(=O)CSc3ccccc3Cl)CC2)n1. The van der Waals surface area contributed by atoms with Crippen LogP contribution in [0.3, 0.4) is 0 Å². The molecule has 0 radical (unpaired) electrons. The smallest absolute Gasteiger partial charge is 0.232 e. The molecule has 1 amide bonds. The monoisotopic (exact) mass is 351 g/mol. The van der Waals surface area contributed by atoms with Gasteiger partial charge in [0.05, 0.1) is 10.8 Å². The number of thioether (sulfide) groups is 1. The Morgan fingerprint density at radius 3 is 2.78 bits per heavy atom. The summed E-state index contributed by atoms with van der Waals surface area (Å²) < 4.78 is 5.23. The second-order valence-electron chi connectivity index (χ2n) is 5.55. The van der Waals surface area contributed by atoms with E-state index < -0.39 is 0 Å². The van der Waals surface area contributed by atoms with Crippen molar-refractivity contribution in [2.45, 2.75) is 30.6 Å². The van der Waals surface area contributed by atoms with E-state index in [1.807, 2.05) is 36.1 Å². The van der Waals surface area contributed by atoms with Crippen LogP contribution in [-0.2, 0) is 4.79 Å². The number of aromatic nitrogens is 2. The van der Waals surface area contributed by atoms with Gasteiger partial charge in [-0.15, -0.1) is 11.8 Å². The lowest BCUT2D eigenvalue weighted by atomic mass is 9.97. The Kier molecular flexibility index (Phi) is 5.23. The highest BCUT2D eigenvalue weighted by molar-refractivity contribution is 8.00. The average Bonchev–Trinajstić information content (AvgIpc) is 3.00. The topological polar surface area (TPSA) is 59.2 Å². The van der Waals surface area contributed by atoms with Crippen LogP contribution in [0.2, 0.25) is 5.02 Å². The molecule has 5 nitrogen and oxygen atoms in total. The number of carbonyl (C=O) groups excluding carboxylic acids is 1. The van der Waals surface area contributed by atoms with Crippen LogP contribution in [0.4, 0.5) is 0 Å². The number of rotatable bonds is 4. The van der Waals surface area contributed by atoms with Crippen LogP contribution in [-0.4, -0.2) is 39.8 Å². The van der Waals surface area contributed by atoms with Crippen molar-refractivity contribution in [3.8, 4) is 0 Å². The van der Waals surface area contributed by atoms with Gasteiger partial charge in [-0.1, -0.05) is 28.9 Å². The molecule has 122 valence electrons. The van der Waals surface area contributed by atoms with E-state index in [-0.39, 0.29) is 11.8 Å². The van der Waals surface area contributed by atoms with Gasteiger partial charge in [-0.05, 0) is 31.9 Å². The van der Waals surface area contributed by atoms with Gasteiger partial charge in [-0.2, -0.15) is 4.98 Å². The summed E-state index contributed by atoms with van der Waals surface area (Å²) in [6.45, 7) is 3.28. The van der Waals surface area contributed by atoms with Crippen molar-refractivity contribution in [3.63, 3.8) is 0 Å². The highest BCUT2D eigenvalue weighted by atomic mass is 35.5. The predicted molar refractivity (Wildman–Crippen MR) is 89.8 cm³/mol. The molecular formula is C16H18ClN3O2S. The highest BCUT2D eigenvalue weighted by Gasteiger charge is 2.27. The standard InChI is InChI=1S/C16H18ClN3O2S/c1-11-18-16(22-19-11)12-6-8-20(9-7-12)15(21)10-23-14-5-3-2-4-13(14)17/h2-5,12H,6-10H2,1H3. The Bertz CT molecular complexity index is 683. The molecule has 0 bridgehead atoms. The molecule has 1 aromatic heterocycles. The number of nitrogens with zero attached hydrogens (tertiary/aromatic N) is 3. The van der Waals surface area contributed by atoms with Gasteiger partial charge in [0.15, 0.2) is 5.82 Å². The molecule has 0 unspecified atom stereocenters. The predicted octanol–water partition coefficient (Wildman–Crippen LogP) is 3.53. The van der Waals surface area contributed by atoms with Crippen LogP contribution < -0.4 is 0 Å². The third-order valence-corrected chi connectivity index (χ3v) is 5.43. The fourth-order valence-electron chi connectivity index (χ4n) is 2.65. The van der Waals surface area contributed by atoms with Gasteiger partial charge in [0.1, 0.15) is 0 Å². The van der Waals surface area contributed by atoms with E-state index in [9.17, 15) is 4.79 Å². The molecule has 0 aliphatic carbocycles. The lowest BCUT2D eigenvalue weighted by Gasteiger charge is -2.30. The third-order valence-electron chi connectivity index (χ3n) is 3.93. The summed E-state index contributed by atoms with van der Waals surface area (Å²) in [6, 6.07) is 7.59. The number of aryl methyl sites for hydroxylation is 1. The van der Waals surface area contributed by atoms with E-state index in [2.05, 4.69) is 10.1 Å². The summed E-state index contributed by atoms with van der Waals surface area (Å²) >= 11 is 7.60. The Balaban J connectivity index is 1.49. The van der Waals surface area contributed by atoms with E-state index in [1.54, 1.807) is 0 Å². The Labute approximate surface area is 144 Å². The number of benzene rings is 1. The second-order valence-corrected chi connectivity index (χ2v) is 6.98. The summed E-state index contributed by atoms with van der Waals surface area (Å²) in [5.41, 5.74) is 0. The summed E-state index contributed by atoms with van der Waals surface area (Å²) in [7, 11) is 0. The van der Waals surface area contributed by atoms with Crippen LogP contribution in [0, 0.1) is 6.92 Å². The second kappa shape index (κ2) is 7.36. The normalized spacial score (nSPS) is 15.8. The van der Waals surface area contributed by atoms with Crippen LogP contribution in [0.15, 0.2) is 33.7 Å². The van der Waals surface area contributed by atoms with Gasteiger partial charge in [0.25, 0.3) is 0 Å². The molecule has 1 aromatic carbocycles. The minimum atomic E-state index is 0.148. The number of amides is 1. The van der Waals surface area contributed by atoms with Crippen molar-refractivity contribution in [2.75, 3.05) is 18.8 Å². The Hall–Kier alpha value is -1.53. The van der Waals surface area contributed by atoms with Crippen molar-refractivity contribution in [2.24, 2.45) is 0 Å². The maximum atomic E-state index is 12.3. The zero-order chi connectivity index (χ0) is 16.2. The maximum Gasteiger partial charge on any atom is 0.232 e. The van der Waals surface area contributed by atoms with Gasteiger partial charge in [0, 0.05) is 23.9 Å². The lowest BCUT2D eigenvalue weighted by Crippen LogP contribution is -2.39. The van der Waals surface area contributed by atoms with Crippen molar-refractivity contribution in [1.82, 2.24) is 15.0 Å². The molecule has 1 aliphatic heterocycles. The molecule has 1 aliphatic rings. The molecule has 3 rings (SSSR count). The van der Waals surface area contributed by atoms with Crippen molar-refractivity contribution in [1.29, 1.82) is 0 Å². The molecule has 1 saturated heterocycles. The van der Waals surface area contributed by atoms with E-state index in [0.717, 1.165) is 30.8 Å². The third kappa shape index (κ3) is 4.06. The van der Waals surface area contributed by atoms with Crippen LogP contribution >= 0.6 is 23.4 Å². The first kappa shape index (κ1) is 16.3.